The summed E-state index contributed by atoms with van der Waals surface area (Å²) in [5.41, 5.74) is -0.0263. The van der Waals surface area contributed by atoms with Crippen molar-refractivity contribution in [1.29, 1.82) is 0 Å². The van der Waals surface area contributed by atoms with Gasteiger partial charge in [-0.2, -0.15) is 0 Å². The average Bonchev–Trinajstić information content (AvgIpc) is 2.46. The van der Waals surface area contributed by atoms with Crippen LogP contribution in [-0.4, -0.2) is 45.8 Å². The van der Waals surface area contributed by atoms with Crippen LogP contribution >= 0.6 is 0 Å². The van der Waals surface area contributed by atoms with Crippen LogP contribution in [0.4, 0.5) is 5.82 Å². The van der Waals surface area contributed by atoms with Crippen molar-refractivity contribution < 1.29 is 15.0 Å². The van der Waals surface area contributed by atoms with Crippen LogP contribution in [0.25, 0.3) is 0 Å². The van der Waals surface area contributed by atoms with Crippen molar-refractivity contribution in [3.63, 3.8) is 0 Å². The third kappa shape index (κ3) is 3.64. The van der Waals surface area contributed by atoms with E-state index in [1.807, 2.05) is 0 Å². The second kappa shape index (κ2) is 6.47. The average molecular weight is 265 g/mol. The summed E-state index contributed by atoms with van der Waals surface area (Å²) in [4.78, 5) is 20.9. The Balaban J connectivity index is 1.88. The minimum atomic E-state index is -1.05. The maximum Gasteiger partial charge on any atom is 0.356 e. The first-order valence-electron chi connectivity index (χ1n) is 6.62. The Morgan fingerprint density at radius 2 is 2.05 bits per heavy atom. The molecular formula is C13H19N3O3. The van der Waals surface area contributed by atoms with Gasteiger partial charge >= 0.3 is 5.97 Å². The molecule has 1 fully saturated rings. The SMILES string of the molecule is O=C(O)c1cnc(N2CCC(CCCO)CC2)cn1. The van der Waals surface area contributed by atoms with Gasteiger partial charge in [-0.1, -0.05) is 0 Å². The van der Waals surface area contributed by atoms with Crippen LogP contribution in [-0.2, 0) is 0 Å². The fraction of sp³-hybridized carbons (Fsp3) is 0.615. The zero-order valence-electron chi connectivity index (χ0n) is 10.8. The summed E-state index contributed by atoms with van der Waals surface area (Å²) in [6, 6.07) is 0. The highest BCUT2D eigenvalue weighted by molar-refractivity contribution is 5.84. The number of carboxylic acids is 1. The van der Waals surface area contributed by atoms with Gasteiger partial charge < -0.3 is 15.1 Å². The number of anilines is 1. The maximum atomic E-state index is 10.7. The van der Waals surface area contributed by atoms with Crippen molar-refractivity contribution in [1.82, 2.24) is 9.97 Å². The fourth-order valence-corrected chi connectivity index (χ4v) is 2.43. The molecule has 0 unspecified atom stereocenters. The fourth-order valence-electron chi connectivity index (χ4n) is 2.43. The first kappa shape index (κ1) is 13.7. The molecule has 0 spiro atoms. The topological polar surface area (TPSA) is 86.5 Å². The molecular weight excluding hydrogens is 246 g/mol. The van der Waals surface area contributed by atoms with Crippen molar-refractivity contribution >= 4 is 11.8 Å². The molecule has 0 saturated carbocycles. The molecule has 1 aromatic heterocycles. The Labute approximate surface area is 112 Å². The van der Waals surface area contributed by atoms with E-state index in [4.69, 9.17) is 10.2 Å². The molecule has 1 saturated heterocycles. The smallest absolute Gasteiger partial charge is 0.356 e. The lowest BCUT2D eigenvalue weighted by Crippen LogP contribution is -2.34. The molecule has 0 radical (unpaired) electrons. The van der Waals surface area contributed by atoms with E-state index in [1.54, 1.807) is 0 Å². The zero-order valence-corrected chi connectivity index (χ0v) is 10.8. The van der Waals surface area contributed by atoms with Crippen LogP contribution in [0.3, 0.4) is 0 Å². The van der Waals surface area contributed by atoms with Crippen molar-refractivity contribution in [3.8, 4) is 0 Å². The Bertz CT molecular complexity index is 414. The van der Waals surface area contributed by atoms with Gasteiger partial charge in [0.15, 0.2) is 5.69 Å². The van der Waals surface area contributed by atoms with E-state index in [9.17, 15) is 4.79 Å². The summed E-state index contributed by atoms with van der Waals surface area (Å²) >= 11 is 0. The number of nitrogens with zero attached hydrogens (tertiary/aromatic N) is 3. The predicted molar refractivity (Wildman–Crippen MR) is 70.2 cm³/mol. The molecule has 6 heteroatoms. The van der Waals surface area contributed by atoms with Crippen molar-refractivity contribution in [2.75, 3.05) is 24.6 Å². The molecule has 1 aliphatic heterocycles. The van der Waals surface area contributed by atoms with Crippen LogP contribution in [0.1, 0.15) is 36.2 Å². The molecule has 0 amide bonds. The molecule has 2 heterocycles. The summed E-state index contributed by atoms with van der Waals surface area (Å²) in [5, 5.41) is 17.6. The molecule has 1 aromatic rings. The molecule has 19 heavy (non-hydrogen) atoms. The highest BCUT2D eigenvalue weighted by Crippen LogP contribution is 2.24. The van der Waals surface area contributed by atoms with E-state index >= 15 is 0 Å². The Kier molecular flexibility index (Phi) is 4.68. The maximum absolute atomic E-state index is 10.7. The number of piperidine rings is 1. The van der Waals surface area contributed by atoms with E-state index in [0.29, 0.717) is 5.92 Å². The Hall–Kier alpha value is -1.69. The summed E-state index contributed by atoms with van der Waals surface area (Å²) in [6.07, 6.45) is 6.95. The summed E-state index contributed by atoms with van der Waals surface area (Å²) in [6.45, 7) is 2.09. The second-order valence-corrected chi connectivity index (χ2v) is 4.86. The first-order valence-corrected chi connectivity index (χ1v) is 6.62. The molecule has 2 N–H and O–H groups in total. The van der Waals surface area contributed by atoms with E-state index < -0.39 is 5.97 Å². The van der Waals surface area contributed by atoms with Crippen molar-refractivity contribution in [3.05, 3.63) is 18.1 Å². The van der Waals surface area contributed by atoms with Gasteiger partial charge in [0, 0.05) is 19.7 Å². The van der Waals surface area contributed by atoms with Gasteiger partial charge in [-0.15, -0.1) is 0 Å². The van der Waals surface area contributed by atoms with E-state index in [2.05, 4.69) is 14.9 Å². The molecule has 0 aliphatic carbocycles. The number of rotatable bonds is 5. The van der Waals surface area contributed by atoms with Gasteiger partial charge in [0.1, 0.15) is 5.82 Å². The van der Waals surface area contributed by atoms with Gasteiger partial charge in [0.05, 0.1) is 12.4 Å². The highest BCUT2D eigenvalue weighted by atomic mass is 16.4. The van der Waals surface area contributed by atoms with Gasteiger partial charge in [-0.25, -0.2) is 14.8 Å². The van der Waals surface area contributed by atoms with Crippen LogP contribution < -0.4 is 4.90 Å². The molecule has 1 aliphatic rings. The van der Waals surface area contributed by atoms with Crippen molar-refractivity contribution in [2.24, 2.45) is 5.92 Å². The van der Waals surface area contributed by atoms with Crippen LogP contribution in [0.2, 0.25) is 0 Å². The van der Waals surface area contributed by atoms with Gasteiger partial charge in [0.25, 0.3) is 0 Å². The molecule has 104 valence electrons. The van der Waals surface area contributed by atoms with Gasteiger partial charge in [-0.05, 0) is 31.6 Å². The third-order valence-electron chi connectivity index (χ3n) is 3.57. The predicted octanol–water partition coefficient (Wildman–Crippen LogP) is 1.16. The number of hydrogen-bond donors (Lipinski definition) is 2. The standard InChI is InChI=1S/C13H19N3O3/c17-7-1-2-10-3-5-16(6-4-10)12-9-14-11(8-15-12)13(18)19/h8-10,17H,1-7H2,(H,18,19). The monoisotopic (exact) mass is 265 g/mol. The largest absolute Gasteiger partial charge is 0.476 e. The molecule has 0 aromatic carbocycles. The summed E-state index contributed by atoms with van der Waals surface area (Å²) in [7, 11) is 0. The minimum Gasteiger partial charge on any atom is -0.476 e. The lowest BCUT2D eigenvalue weighted by molar-refractivity contribution is 0.0690. The summed E-state index contributed by atoms with van der Waals surface area (Å²) in [5.74, 6) is 0.363. The molecule has 0 bridgehead atoms. The number of carboxylic acid groups (broad SMARTS) is 1. The van der Waals surface area contributed by atoms with E-state index in [0.717, 1.165) is 44.6 Å². The molecule has 0 atom stereocenters. The van der Waals surface area contributed by atoms with Gasteiger partial charge in [-0.3, -0.25) is 0 Å². The number of aliphatic hydroxyl groups is 1. The van der Waals surface area contributed by atoms with Crippen molar-refractivity contribution in [2.45, 2.75) is 25.7 Å². The Morgan fingerprint density at radius 1 is 1.32 bits per heavy atom. The number of aromatic carboxylic acids is 1. The second-order valence-electron chi connectivity index (χ2n) is 4.86. The third-order valence-corrected chi connectivity index (χ3v) is 3.57. The minimum absolute atomic E-state index is 0.0263. The van der Waals surface area contributed by atoms with Crippen LogP contribution in [0, 0.1) is 5.92 Å². The quantitative estimate of drug-likeness (QED) is 0.831. The molecule has 2 rings (SSSR count). The highest BCUT2D eigenvalue weighted by Gasteiger charge is 2.20. The van der Waals surface area contributed by atoms with E-state index in [1.165, 1.54) is 12.4 Å². The first-order chi connectivity index (χ1) is 9.20. The Morgan fingerprint density at radius 3 is 2.58 bits per heavy atom. The lowest BCUT2D eigenvalue weighted by Gasteiger charge is -2.32. The summed E-state index contributed by atoms with van der Waals surface area (Å²) < 4.78 is 0. The van der Waals surface area contributed by atoms with Crippen LogP contribution in [0.15, 0.2) is 12.4 Å². The number of hydrogen-bond acceptors (Lipinski definition) is 5. The van der Waals surface area contributed by atoms with Crippen LogP contribution in [0.5, 0.6) is 0 Å². The number of aliphatic hydroxyl groups excluding tert-OH is 1. The van der Waals surface area contributed by atoms with E-state index in [-0.39, 0.29) is 12.3 Å². The molecule has 6 nitrogen and oxygen atoms in total. The zero-order chi connectivity index (χ0) is 13.7. The number of carbonyl (C=O) groups is 1. The normalized spacial score (nSPS) is 16.6. The van der Waals surface area contributed by atoms with Gasteiger partial charge in [0.2, 0.25) is 0 Å². The number of aromatic nitrogens is 2. The lowest BCUT2D eigenvalue weighted by atomic mass is 9.92.